The molecule has 10 heteroatoms. The molecule has 0 radical (unpaired) electrons. The van der Waals surface area contributed by atoms with Crippen molar-refractivity contribution in [1.82, 2.24) is 4.98 Å². The first kappa shape index (κ1) is 21.8. The van der Waals surface area contributed by atoms with Gasteiger partial charge in [-0.2, -0.15) is 0 Å². The number of hydrogen-bond acceptors (Lipinski definition) is 6. The summed E-state index contributed by atoms with van der Waals surface area (Å²) in [5, 5.41) is 2.68. The number of pyridine rings is 1. The number of nitrogens with one attached hydrogen (secondary N) is 1. The third kappa shape index (κ3) is 4.98. The van der Waals surface area contributed by atoms with Crippen LogP contribution in [0, 0.1) is 0 Å². The minimum absolute atomic E-state index is 0.0650. The number of primary amides is 1. The number of anilines is 2. The molecule has 0 spiro atoms. The fourth-order valence-electron chi connectivity index (χ4n) is 2.81. The Morgan fingerprint density at radius 1 is 1.03 bits per heavy atom. The van der Waals surface area contributed by atoms with E-state index < -0.39 is 28.4 Å². The summed E-state index contributed by atoms with van der Waals surface area (Å²) >= 11 is 0. The number of sulfonamides is 1. The molecule has 0 saturated carbocycles. The fraction of sp³-hybridized carbons (Fsp3) is 0.0952. The molecule has 0 atom stereocenters. The third-order valence-electron chi connectivity index (χ3n) is 4.31. The number of nitrogens with zero attached hydrogens (tertiary/aromatic N) is 2. The Kier molecular flexibility index (Phi) is 6.51. The number of methoxy groups -OCH3 is 1. The molecule has 1 aromatic heterocycles. The van der Waals surface area contributed by atoms with E-state index in [2.05, 4.69) is 10.3 Å². The Hall–Kier alpha value is -3.92. The summed E-state index contributed by atoms with van der Waals surface area (Å²) < 4.78 is 32.6. The molecule has 0 aliphatic carbocycles. The average Bonchev–Trinajstić information content (AvgIpc) is 2.78. The van der Waals surface area contributed by atoms with E-state index in [9.17, 15) is 18.0 Å². The number of ether oxygens (including phenoxy) is 1. The molecule has 9 nitrogen and oxygen atoms in total. The Bertz CT molecular complexity index is 1180. The van der Waals surface area contributed by atoms with Crippen LogP contribution in [-0.4, -0.2) is 38.9 Å². The summed E-state index contributed by atoms with van der Waals surface area (Å²) in [6.07, 6.45) is 2.93. The SMILES string of the molecule is COc1ccc(S(=O)(=O)N(CC(N)=O)c2ccccc2NC(=O)c2ccncc2)cc1. The van der Waals surface area contributed by atoms with Crippen molar-refractivity contribution < 1.29 is 22.7 Å². The van der Waals surface area contributed by atoms with Gasteiger partial charge in [0.15, 0.2) is 0 Å². The molecular weight excluding hydrogens is 420 g/mol. The minimum Gasteiger partial charge on any atom is -0.497 e. The lowest BCUT2D eigenvalue weighted by Crippen LogP contribution is -2.39. The van der Waals surface area contributed by atoms with Gasteiger partial charge in [-0.1, -0.05) is 12.1 Å². The molecule has 3 aromatic rings. The highest BCUT2D eigenvalue weighted by molar-refractivity contribution is 7.92. The van der Waals surface area contributed by atoms with Crippen molar-refractivity contribution in [3.63, 3.8) is 0 Å². The normalized spacial score (nSPS) is 10.9. The third-order valence-corrected chi connectivity index (χ3v) is 6.08. The minimum atomic E-state index is -4.18. The molecule has 2 amide bonds. The summed E-state index contributed by atoms with van der Waals surface area (Å²) in [5.41, 5.74) is 5.97. The molecule has 0 fully saturated rings. The average molecular weight is 440 g/mol. The van der Waals surface area contributed by atoms with Gasteiger partial charge in [0.1, 0.15) is 12.3 Å². The second-order valence-corrected chi connectivity index (χ2v) is 8.22. The summed E-state index contributed by atoms with van der Waals surface area (Å²) in [6.45, 7) is -0.615. The maximum Gasteiger partial charge on any atom is 0.264 e. The topological polar surface area (TPSA) is 132 Å². The number of aromatic nitrogens is 1. The lowest BCUT2D eigenvalue weighted by atomic mass is 10.2. The Balaban J connectivity index is 2.03. The fourth-order valence-corrected chi connectivity index (χ4v) is 4.26. The van der Waals surface area contributed by atoms with E-state index >= 15 is 0 Å². The van der Waals surface area contributed by atoms with Crippen LogP contribution < -0.4 is 20.1 Å². The number of benzene rings is 2. The first-order valence-corrected chi connectivity index (χ1v) is 10.5. The smallest absolute Gasteiger partial charge is 0.264 e. The van der Waals surface area contributed by atoms with Crippen molar-refractivity contribution >= 4 is 33.2 Å². The zero-order valence-corrected chi connectivity index (χ0v) is 17.4. The number of carbonyl (C=O) groups is 2. The van der Waals surface area contributed by atoms with Gasteiger partial charge in [-0.15, -0.1) is 0 Å². The number of hydrogen-bond donors (Lipinski definition) is 2. The van der Waals surface area contributed by atoms with Gasteiger partial charge in [0.25, 0.3) is 15.9 Å². The Morgan fingerprint density at radius 3 is 2.29 bits per heavy atom. The van der Waals surface area contributed by atoms with Gasteiger partial charge in [0.05, 0.1) is 23.4 Å². The van der Waals surface area contributed by atoms with E-state index in [0.717, 1.165) is 4.31 Å². The first-order chi connectivity index (χ1) is 14.8. The van der Waals surface area contributed by atoms with E-state index in [-0.39, 0.29) is 16.3 Å². The lowest BCUT2D eigenvalue weighted by molar-refractivity contribution is -0.116. The van der Waals surface area contributed by atoms with Gasteiger partial charge in [0, 0.05) is 18.0 Å². The van der Waals surface area contributed by atoms with Gasteiger partial charge in [-0.25, -0.2) is 8.42 Å². The zero-order chi connectivity index (χ0) is 22.4. The number of amides is 2. The summed E-state index contributed by atoms with van der Waals surface area (Å²) in [5.74, 6) is -0.839. The highest BCUT2D eigenvalue weighted by Gasteiger charge is 2.28. The van der Waals surface area contributed by atoms with Crippen LogP contribution in [-0.2, 0) is 14.8 Å². The van der Waals surface area contributed by atoms with Crippen LogP contribution in [0.3, 0.4) is 0 Å². The van der Waals surface area contributed by atoms with E-state index in [1.54, 1.807) is 12.1 Å². The van der Waals surface area contributed by atoms with Gasteiger partial charge >= 0.3 is 0 Å². The van der Waals surface area contributed by atoms with Crippen LogP contribution in [0.15, 0.2) is 78.0 Å². The van der Waals surface area contributed by atoms with Crippen molar-refractivity contribution in [2.75, 3.05) is 23.3 Å². The summed E-state index contributed by atoms with van der Waals surface area (Å²) in [6, 6.07) is 15.0. The summed E-state index contributed by atoms with van der Waals surface area (Å²) in [7, 11) is -2.72. The van der Waals surface area contributed by atoms with E-state index in [0.29, 0.717) is 11.3 Å². The lowest BCUT2D eigenvalue weighted by Gasteiger charge is -2.25. The molecule has 0 aliphatic rings. The summed E-state index contributed by atoms with van der Waals surface area (Å²) in [4.78, 5) is 28.1. The monoisotopic (exact) mass is 440 g/mol. The molecule has 1 heterocycles. The van der Waals surface area contributed by atoms with Crippen molar-refractivity contribution in [1.29, 1.82) is 0 Å². The second-order valence-electron chi connectivity index (χ2n) is 6.36. The molecule has 0 aliphatic heterocycles. The predicted molar refractivity (Wildman–Crippen MR) is 115 cm³/mol. The highest BCUT2D eigenvalue weighted by Crippen LogP contribution is 2.31. The standard InChI is InChI=1S/C21H20N4O5S/c1-30-16-6-8-17(9-7-16)31(28,29)25(14-20(22)26)19-5-3-2-4-18(19)24-21(27)15-10-12-23-13-11-15/h2-13H,14H2,1H3,(H2,22,26)(H,24,27). The van der Waals surface area contributed by atoms with Crippen LogP contribution in [0.2, 0.25) is 0 Å². The zero-order valence-electron chi connectivity index (χ0n) is 16.6. The van der Waals surface area contributed by atoms with Crippen molar-refractivity contribution in [3.8, 4) is 5.75 Å². The molecule has 31 heavy (non-hydrogen) atoms. The van der Waals surface area contributed by atoms with Crippen LogP contribution in [0.5, 0.6) is 5.75 Å². The van der Waals surface area contributed by atoms with Gasteiger partial charge in [0.2, 0.25) is 5.91 Å². The van der Waals surface area contributed by atoms with Crippen molar-refractivity contribution in [3.05, 3.63) is 78.6 Å². The first-order valence-electron chi connectivity index (χ1n) is 9.08. The Labute approximate surface area is 179 Å². The van der Waals surface area contributed by atoms with Gasteiger partial charge < -0.3 is 15.8 Å². The van der Waals surface area contributed by atoms with E-state index in [1.807, 2.05) is 0 Å². The molecule has 3 rings (SSSR count). The van der Waals surface area contributed by atoms with E-state index in [4.69, 9.17) is 10.5 Å². The molecule has 0 unspecified atom stereocenters. The number of para-hydroxylation sites is 2. The van der Waals surface area contributed by atoms with Crippen LogP contribution >= 0.6 is 0 Å². The van der Waals surface area contributed by atoms with Crippen LogP contribution in [0.25, 0.3) is 0 Å². The predicted octanol–water partition coefficient (Wildman–Crippen LogP) is 2.02. The maximum absolute atomic E-state index is 13.3. The highest BCUT2D eigenvalue weighted by atomic mass is 32.2. The molecule has 160 valence electrons. The van der Waals surface area contributed by atoms with E-state index in [1.165, 1.54) is 68.0 Å². The Morgan fingerprint density at radius 2 is 1.68 bits per heavy atom. The van der Waals surface area contributed by atoms with Gasteiger partial charge in [-0.3, -0.25) is 18.9 Å². The van der Waals surface area contributed by atoms with Crippen molar-refractivity contribution in [2.45, 2.75) is 4.90 Å². The molecule has 2 aromatic carbocycles. The molecule has 3 N–H and O–H groups in total. The largest absolute Gasteiger partial charge is 0.497 e. The molecular formula is C21H20N4O5S. The number of nitrogens with two attached hydrogens (primary N) is 1. The second kappa shape index (κ2) is 9.26. The molecule has 0 saturated heterocycles. The molecule has 0 bridgehead atoms. The quantitative estimate of drug-likeness (QED) is 0.551. The van der Waals surface area contributed by atoms with Crippen LogP contribution in [0.1, 0.15) is 10.4 Å². The maximum atomic E-state index is 13.3. The van der Waals surface area contributed by atoms with Crippen LogP contribution in [0.4, 0.5) is 11.4 Å². The number of carbonyl (C=O) groups excluding carboxylic acids is 2. The number of rotatable bonds is 8. The van der Waals surface area contributed by atoms with Gasteiger partial charge in [-0.05, 0) is 48.5 Å². The van der Waals surface area contributed by atoms with Crippen molar-refractivity contribution in [2.24, 2.45) is 5.73 Å².